The molecule has 0 amide bonds. The predicted molar refractivity (Wildman–Crippen MR) is 103 cm³/mol. The molecule has 0 unspecified atom stereocenters. The van der Waals surface area contributed by atoms with Gasteiger partial charge in [-0.1, -0.05) is 19.0 Å². The molecule has 0 aliphatic heterocycles. The number of hydrogen-bond acceptors (Lipinski definition) is 6. The molecule has 6 nitrogen and oxygen atoms in total. The van der Waals surface area contributed by atoms with Crippen molar-refractivity contribution in [3.63, 3.8) is 0 Å². The van der Waals surface area contributed by atoms with Crippen LogP contribution in [0.25, 0.3) is 0 Å². The molecule has 0 radical (unpaired) electrons. The summed E-state index contributed by atoms with van der Waals surface area (Å²) >= 11 is 0. The van der Waals surface area contributed by atoms with Crippen LogP contribution in [0.3, 0.4) is 0 Å². The summed E-state index contributed by atoms with van der Waals surface area (Å²) in [4.78, 5) is 2.45. The molecule has 3 aromatic rings. The lowest BCUT2D eigenvalue weighted by atomic mass is 9.56. The van der Waals surface area contributed by atoms with Crippen LogP contribution in [0.2, 0.25) is 0 Å². The zero-order valence-electron chi connectivity index (χ0n) is 16.5. The van der Waals surface area contributed by atoms with Crippen molar-refractivity contribution in [3.8, 4) is 0 Å². The lowest BCUT2D eigenvalue weighted by Crippen LogP contribution is -2.58. The average molecular weight is 384 g/mol. The minimum atomic E-state index is 0.0835. The van der Waals surface area contributed by atoms with Gasteiger partial charge in [-0.2, -0.15) is 0 Å². The van der Waals surface area contributed by atoms with E-state index in [1.54, 1.807) is 12.5 Å². The summed E-state index contributed by atoms with van der Waals surface area (Å²) < 4.78 is 16.5. The molecule has 3 heterocycles. The Kier molecular flexibility index (Phi) is 5.42. The third-order valence-corrected chi connectivity index (χ3v) is 6.16. The molecule has 0 spiro atoms. The molecular formula is C22H28N2O4. The highest BCUT2D eigenvalue weighted by Crippen LogP contribution is 2.51. The third kappa shape index (κ3) is 3.93. The molecule has 6 heteroatoms. The topological polar surface area (TPSA) is 75.8 Å². The van der Waals surface area contributed by atoms with Gasteiger partial charge in [-0.3, -0.25) is 4.90 Å². The number of furan rings is 2. The zero-order valence-corrected chi connectivity index (χ0v) is 16.5. The third-order valence-electron chi connectivity index (χ3n) is 6.16. The molecular weight excluding hydrogens is 356 g/mol. The lowest BCUT2D eigenvalue weighted by Gasteiger charge is -2.56. The van der Waals surface area contributed by atoms with E-state index in [4.69, 9.17) is 18.5 Å². The Morgan fingerprint density at radius 1 is 1.11 bits per heavy atom. The highest BCUT2D eigenvalue weighted by molar-refractivity contribution is 5.13. The maximum atomic E-state index is 9.05. The first-order valence-corrected chi connectivity index (χ1v) is 9.90. The minimum absolute atomic E-state index is 0.0835. The quantitative estimate of drug-likeness (QED) is 0.600. The standard InChI is InChI=1S/C22H28N2O4/c1-22(2)16(11-17-13-18(7-8-25)28-23-17)12-21(22)24(14-19-5-3-9-26-19)15-20-6-4-10-27-20/h3-6,9-10,13,16,21,25H,7-8,11-12,14-15H2,1-2H3/t16-,21+/m1/s1. The summed E-state index contributed by atoms with van der Waals surface area (Å²) in [5.41, 5.74) is 1.11. The van der Waals surface area contributed by atoms with Crippen LogP contribution in [-0.4, -0.2) is 27.8 Å². The second-order valence-corrected chi connectivity index (χ2v) is 8.30. The van der Waals surface area contributed by atoms with Crippen molar-refractivity contribution in [2.45, 2.75) is 52.2 Å². The van der Waals surface area contributed by atoms with Crippen LogP contribution in [0.5, 0.6) is 0 Å². The van der Waals surface area contributed by atoms with Crippen LogP contribution in [-0.2, 0) is 25.9 Å². The van der Waals surface area contributed by atoms with Crippen molar-refractivity contribution in [3.05, 3.63) is 65.8 Å². The Labute approximate surface area is 165 Å². The summed E-state index contributed by atoms with van der Waals surface area (Å²) in [6, 6.07) is 10.3. The number of nitrogens with zero attached hydrogens (tertiary/aromatic N) is 2. The molecule has 150 valence electrons. The van der Waals surface area contributed by atoms with Gasteiger partial charge in [-0.15, -0.1) is 0 Å². The fourth-order valence-electron chi connectivity index (χ4n) is 4.37. The maximum Gasteiger partial charge on any atom is 0.139 e. The van der Waals surface area contributed by atoms with Crippen molar-refractivity contribution < 1.29 is 18.5 Å². The highest BCUT2D eigenvalue weighted by atomic mass is 16.5. The predicted octanol–water partition coefficient (Wildman–Crippen LogP) is 4.06. The van der Waals surface area contributed by atoms with Gasteiger partial charge in [-0.25, -0.2) is 0 Å². The minimum Gasteiger partial charge on any atom is -0.468 e. The molecule has 1 N–H and O–H groups in total. The molecule has 28 heavy (non-hydrogen) atoms. The Bertz CT molecular complexity index is 815. The molecule has 4 rings (SSSR count). The van der Waals surface area contributed by atoms with E-state index in [1.807, 2.05) is 30.3 Å². The molecule has 1 saturated carbocycles. The average Bonchev–Trinajstić information content (AvgIpc) is 3.42. The molecule has 2 atom stereocenters. The number of hydrogen-bond donors (Lipinski definition) is 1. The monoisotopic (exact) mass is 384 g/mol. The number of rotatable bonds is 9. The molecule has 0 saturated heterocycles. The summed E-state index contributed by atoms with van der Waals surface area (Å²) in [7, 11) is 0. The maximum absolute atomic E-state index is 9.05. The molecule has 1 aliphatic carbocycles. The highest BCUT2D eigenvalue weighted by Gasteiger charge is 2.50. The van der Waals surface area contributed by atoms with E-state index in [2.05, 4.69) is 23.9 Å². The van der Waals surface area contributed by atoms with Gasteiger partial charge >= 0.3 is 0 Å². The van der Waals surface area contributed by atoms with Crippen molar-refractivity contribution >= 4 is 0 Å². The molecule has 1 fully saturated rings. The van der Waals surface area contributed by atoms with Crippen LogP contribution >= 0.6 is 0 Å². The Hall–Kier alpha value is -2.31. The van der Waals surface area contributed by atoms with Gasteiger partial charge < -0.3 is 18.5 Å². The van der Waals surface area contributed by atoms with Crippen LogP contribution in [0.4, 0.5) is 0 Å². The van der Waals surface area contributed by atoms with Crippen molar-refractivity contribution in [2.75, 3.05) is 6.61 Å². The van der Waals surface area contributed by atoms with Gasteiger partial charge in [0.05, 0.1) is 37.9 Å². The molecule has 0 bridgehead atoms. The van der Waals surface area contributed by atoms with E-state index < -0.39 is 0 Å². The van der Waals surface area contributed by atoms with Crippen LogP contribution in [0.15, 0.2) is 56.2 Å². The van der Waals surface area contributed by atoms with Gasteiger partial charge in [0.2, 0.25) is 0 Å². The number of aromatic nitrogens is 1. The zero-order chi connectivity index (χ0) is 19.6. The van der Waals surface area contributed by atoms with Gasteiger partial charge in [0.1, 0.15) is 17.3 Å². The fourth-order valence-corrected chi connectivity index (χ4v) is 4.37. The molecule has 3 aromatic heterocycles. The lowest BCUT2D eigenvalue weighted by molar-refractivity contribution is -0.0751. The van der Waals surface area contributed by atoms with Crippen molar-refractivity contribution in [1.82, 2.24) is 10.1 Å². The van der Waals surface area contributed by atoms with E-state index in [9.17, 15) is 0 Å². The van der Waals surface area contributed by atoms with E-state index in [0.29, 0.717) is 18.4 Å². The Morgan fingerprint density at radius 2 is 1.79 bits per heavy atom. The van der Waals surface area contributed by atoms with Crippen LogP contribution in [0, 0.1) is 11.3 Å². The van der Waals surface area contributed by atoms with E-state index in [0.717, 1.165) is 48.9 Å². The fraction of sp³-hybridized carbons (Fsp3) is 0.500. The van der Waals surface area contributed by atoms with Crippen LogP contribution < -0.4 is 0 Å². The summed E-state index contributed by atoms with van der Waals surface area (Å²) in [6.45, 7) is 6.27. The summed E-state index contributed by atoms with van der Waals surface area (Å²) in [6.07, 6.45) is 5.96. The van der Waals surface area contributed by atoms with Crippen LogP contribution in [0.1, 0.15) is 43.2 Å². The molecule has 1 aliphatic rings. The smallest absolute Gasteiger partial charge is 0.139 e. The normalized spacial score (nSPS) is 21.1. The Morgan fingerprint density at radius 3 is 2.32 bits per heavy atom. The second kappa shape index (κ2) is 7.97. The van der Waals surface area contributed by atoms with Gasteiger partial charge in [-0.05, 0) is 48.4 Å². The molecule has 0 aromatic carbocycles. The summed E-state index contributed by atoms with van der Waals surface area (Å²) in [5, 5.41) is 13.2. The Balaban J connectivity index is 1.44. The van der Waals surface area contributed by atoms with Crippen molar-refractivity contribution in [2.24, 2.45) is 11.3 Å². The van der Waals surface area contributed by atoms with E-state index >= 15 is 0 Å². The number of aliphatic hydroxyl groups excluding tert-OH is 1. The van der Waals surface area contributed by atoms with Crippen molar-refractivity contribution in [1.29, 1.82) is 0 Å². The first kappa shape index (κ1) is 19.0. The first-order valence-electron chi connectivity index (χ1n) is 9.90. The first-order chi connectivity index (χ1) is 13.6. The SMILES string of the molecule is CC1(C)[C@H](Cc2cc(CCO)on2)C[C@@H]1N(Cc1ccco1)Cc1ccco1. The van der Waals surface area contributed by atoms with E-state index in [1.165, 1.54) is 0 Å². The second-order valence-electron chi connectivity index (χ2n) is 8.30. The van der Waals surface area contributed by atoms with Gasteiger partial charge in [0.15, 0.2) is 0 Å². The number of aliphatic hydroxyl groups is 1. The summed E-state index contributed by atoms with van der Waals surface area (Å²) in [5.74, 6) is 3.22. The van der Waals surface area contributed by atoms with E-state index in [-0.39, 0.29) is 12.0 Å². The van der Waals surface area contributed by atoms with Gasteiger partial charge in [0, 0.05) is 18.5 Å². The van der Waals surface area contributed by atoms with Gasteiger partial charge in [0.25, 0.3) is 0 Å². The largest absolute Gasteiger partial charge is 0.468 e.